The maximum absolute atomic E-state index is 13.4. The molecule has 6 nitrogen and oxygen atoms in total. The van der Waals surface area contributed by atoms with Crippen LogP contribution in [0.4, 0.5) is 4.39 Å². The minimum atomic E-state index is -0.995. The van der Waals surface area contributed by atoms with E-state index in [0.717, 1.165) is 4.90 Å². The number of carbonyl (C=O) groups is 3. The molecule has 0 bridgehead atoms. The zero-order valence-electron chi connectivity index (χ0n) is 10.8. The minimum absolute atomic E-state index is 0.0545. The molecule has 3 amide bonds. The van der Waals surface area contributed by atoms with E-state index in [1.165, 1.54) is 25.1 Å². The van der Waals surface area contributed by atoms with Crippen LogP contribution in [0.25, 0.3) is 0 Å². The summed E-state index contributed by atoms with van der Waals surface area (Å²) in [6.07, 6.45) is -0.995. The summed E-state index contributed by atoms with van der Waals surface area (Å²) < 4.78 is 18.6. The zero-order valence-corrected chi connectivity index (χ0v) is 10.8. The van der Waals surface area contributed by atoms with Gasteiger partial charge in [0.15, 0.2) is 17.7 Å². The zero-order chi connectivity index (χ0) is 14.7. The number of para-hydroxylation sites is 1. The Morgan fingerprint density at radius 3 is 2.50 bits per heavy atom. The van der Waals surface area contributed by atoms with E-state index in [1.54, 1.807) is 6.07 Å². The monoisotopic (exact) mass is 280 g/mol. The first kappa shape index (κ1) is 14.0. The molecule has 0 radical (unpaired) electrons. The van der Waals surface area contributed by atoms with Crippen LogP contribution in [0.2, 0.25) is 0 Å². The van der Waals surface area contributed by atoms with E-state index >= 15 is 0 Å². The van der Waals surface area contributed by atoms with Crippen LogP contribution in [0.5, 0.6) is 5.75 Å². The number of ether oxygens (including phenoxy) is 1. The molecule has 2 rings (SSSR count). The SMILES string of the molecule is CC(Oc1ccccc1F)C(=O)N1CC(=O)NC(=O)C1. The van der Waals surface area contributed by atoms with Crippen LogP contribution in [0.15, 0.2) is 24.3 Å². The molecule has 1 atom stereocenters. The number of imide groups is 1. The van der Waals surface area contributed by atoms with Gasteiger partial charge >= 0.3 is 0 Å². The average Bonchev–Trinajstić information content (AvgIpc) is 2.39. The summed E-state index contributed by atoms with van der Waals surface area (Å²) in [7, 11) is 0. The van der Waals surface area contributed by atoms with E-state index in [1.807, 2.05) is 0 Å². The number of piperazine rings is 1. The van der Waals surface area contributed by atoms with Crippen molar-refractivity contribution in [2.75, 3.05) is 13.1 Å². The Hall–Kier alpha value is -2.44. The number of hydrogen-bond donors (Lipinski definition) is 1. The maximum atomic E-state index is 13.4. The molecule has 106 valence electrons. The molecule has 1 saturated heterocycles. The normalized spacial score (nSPS) is 16.6. The Bertz CT molecular complexity index is 545. The average molecular weight is 280 g/mol. The van der Waals surface area contributed by atoms with E-state index in [9.17, 15) is 18.8 Å². The predicted molar refractivity (Wildman–Crippen MR) is 66.2 cm³/mol. The third kappa shape index (κ3) is 3.11. The Labute approximate surface area is 114 Å². The third-order valence-corrected chi connectivity index (χ3v) is 2.75. The quantitative estimate of drug-likeness (QED) is 0.795. The Balaban J connectivity index is 2.03. The van der Waals surface area contributed by atoms with Gasteiger partial charge in [0, 0.05) is 0 Å². The largest absolute Gasteiger partial charge is 0.478 e. The standard InChI is InChI=1S/C13H13FN2O4/c1-8(20-10-5-3-2-4-9(10)14)13(19)16-6-11(17)15-12(18)7-16/h2-5,8H,6-7H2,1H3,(H,15,17,18). The number of rotatable bonds is 3. The predicted octanol–water partition coefficient (Wildman–Crippen LogP) is 0.0780. The van der Waals surface area contributed by atoms with Gasteiger partial charge in [-0.1, -0.05) is 12.1 Å². The molecular formula is C13H13FN2O4. The maximum Gasteiger partial charge on any atom is 0.264 e. The van der Waals surface area contributed by atoms with Crippen LogP contribution in [0.1, 0.15) is 6.92 Å². The van der Waals surface area contributed by atoms with Gasteiger partial charge < -0.3 is 9.64 Å². The molecule has 1 aliphatic rings. The van der Waals surface area contributed by atoms with Crippen molar-refractivity contribution in [1.82, 2.24) is 10.2 Å². The second-order valence-electron chi connectivity index (χ2n) is 4.36. The molecule has 0 aromatic heterocycles. The summed E-state index contributed by atoms with van der Waals surface area (Å²) >= 11 is 0. The highest BCUT2D eigenvalue weighted by molar-refractivity contribution is 6.02. The molecule has 1 aliphatic heterocycles. The van der Waals surface area contributed by atoms with Crippen molar-refractivity contribution in [3.8, 4) is 5.75 Å². The van der Waals surface area contributed by atoms with Crippen molar-refractivity contribution in [2.45, 2.75) is 13.0 Å². The second-order valence-corrected chi connectivity index (χ2v) is 4.36. The number of halogens is 1. The van der Waals surface area contributed by atoms with Crippen molar-refractivity contribution in [2.24, 2.45) is 0 Å². The first-order valence-corrected chi connectivity index (χ1v) is 6.00. The van der Waals surface area contributed by atoms with Crippen molar-refractivity contribution in [1.29, 1.82) is 0 Å². The summed E-state index contributed by atoms with van der Waals surface area (Å²) in [5, 5.41) is 2.09. The molecule has 1 aromatic carbocycles. The molecule has 1 heterocycles. The van der Waals surface area contributed by atoms with Crippen LogP contribution in [-0.2, 0) is 14.4 Å². The van der Waals surface area contributed by atoms with Gasteiger partial charge in [0.25, 0.3) is 5.91 Å². The number of hydrogen-bond acceptors (Lipinski definition) is 4. The minimum Gasteiger partial charge on any atom is -0.478 e. The fourth-order valence-corrected chi connectivity index (χ4v) is 1.83. The number of benzene rings is 1. The summed E-state index contributed by atoms with van der Waals surface area (Å²) in [5.41, 5.74) is 0. The summed E-state index contributed by atoms with van der Waals surface area (Å²) in [5.74, 6) is -2.28. The molecule has 1 N–H and O–H groups in total. The van der Waals surface area contributed by atoms with Crippen LogP contribution in [-0.4, -0.2) is 41.8 Å². The van der Waals surface area contributed by atoms with Crippen molar-refractivity contribution < 1.29 is 23.5 Å². The second kappa shape index (κ2) is 5.68. The number of nitrogens with one attached hydrogen (secondary N) is 1. The van der Waals surface area contributed by atoms with Crippen molar-refractivity contribution in [3.63, 3.8) is 0 Å². The van der Waals surface area contributed by atoms with Gasteiger partial charge in [-0.25, -0.2) is 4.39 Å². The number of amides is 3. The van der Waals surface area contributed by atoms with E-state index < -0.39 is 29.6 Å². The van der Waals surface area contributed by atoms with Gasteiger partial charge in [-0.05, 0) is 19.1 Å². The lowest BCUT2D eigenvalue weighted by Crippen LogP contribution is -2.55. The lowest BCUT2D eigenvalue weighted by atomic mass is 10.2. The molecule has 0 saturated carbocycles. The van der Waals surface area contributed by atoms with E-state index in [-0.39, 0.29) is 18.8 Å². The van der Waals surface area contributed by atoms with Crippen LogP contribution < -0.4 is 10.1 Å². The highest BCUT2D eigenvalue weighted by Gasteiger charge is 2.30. The Morgan fingerprint density at radius 1 is 1.30 bits per heavy atom. The fourth-order valence-electron chi connectivity index (χ4n) is 1.83. The third-order valence-electron chi connectivity index (χ3n) is 2.75. The summed E-state index contributed by atoms with van der Waals surface area (Å²) in [6.45, 7) is 1.01. The van der Waals surface area contributed by atoms with Gasteiger partial charge in [0.05, 0.1) is 0 Å². The fraction of sp³-hybridized carbons (Fsp3) is 0.308. The van der Waals surface area contributed by atoms with Gasteiger partial charge in [-0.15, -0.1) is 0 Å². The molecule has 1 aromatic rings. The first-order chi connectivity index (χ1) is 9.47. The Kier molecular flexibility index (Phi) is 3.97. The lowest BCUT2D eigenvalue weighted by Gasteiger charge is -2.28. The van der Waals surface area contributed by atoms with Gasteiger partial charge in [0.2, 0.25) is 11.8 Å². The van der Waals surface area contributed by atoms with Crippen LogP contribution in [0, 0.1) is 5.82 Å². The van der Waals surface area contributed by atoms with Gasteiger partial charge in [-0.3, -0.25) is 19.7 Å². The van der Waals surface area contributed by atoms with Gasteiger partial charge in [-0.2, -0.15) is 0 Å². The van der Waals surface area contributed by atoms with Gasteiger partial charge in [0.1, 0.15) is 13.1 Å². The highest BCUT2D eigenvalue weighted by Crippen LogP contribution is 2.17. The van der Waals surface area contributed by atoms with Crippen LogP contribution >= 0.6 is 0 Å². The molecule has 7 heteroatoms. The lowest BCUT2D eigenvalue weighted by molar-refractivity contribution is -0.148. The smallest absolute Gasteiger partial charge is 0.264 e. The van der Waals surface area contributed by atoms with E-state index in [2.05, 4.69) is 5.32 Å². The number of carbonyl (C=O) groups excluding carboxylic acids is 3. The number of nitrogens with zero attached hydrogens (tertiary/aromatic N) is 1. The van der Waals surface area contributed by atoms with Crippen LogP contribution in [0.3, 0.4) is 0 Å². The van der Waals surface area contributed by atoms with E-state index in [0.29, 0.717) is 0 Å². The Morgan fingerprint density at radius 2 is 1.90 bits per heavy atom. The van der Waals surface area contributed by atoms with Crippen molar-refractivity contribution in [3.05, 3.63) is 30.1 Å². The molecule has 20 heavy (non-hydrogen) atoms. The van der Waals surface area contributed by atoms with E-state index in [4.69, 9.17) is 4.74 Å². The molecule has 0 aliphatic carbocycles. The summed E-state index contributed by atoms with van der Waals surface area (Å²) in [4.78, 5) is 35.5. The molecule has 1 fully saturated rings. The summed E-state index contributed by atoms with van der Waals surface area (Å²) in [6, 6.07) is 5.69. The molecular weight excluding hydrogens is 267 g/mol. The topological polar surface area (TPSA) is 75.7 Å². The molecule has 0 spiro atoms. The highest BCUT2D eigenvalue weighted by atomic mass is 19.1. The first-order valence-electron chi connectivity index (χ1n) is 6.00. The molecule has 1 unspecified atom stereocenters. The van der Waals surface area contributed by atoms with Crippen molar-refractivity contribution >= 4 is 17.7 Å².